The van der Waals surface area contributed by atoms with Gasteiger partial charge in [0.1, 0.15) is 5.52 Å². The van der Waals surface area contributed by atoms with Crippen LogP contribution in [0.5, 0.6) is 0 Å². The minimum atomic E-state index is -0.910. The number of aryl methyl sites for hydroxylation is 1. The average molecular weight is 286 g/mol. The van der Waals surface area contributed by atoms with Crippen molar-refractivity contribution in [3.8, 4) is 0 Å². The highest BCUT2D eigenvalue weighted by Crippen LogP contribution is 2.31. The summed E-state index contributed by atoms with van der Waals surface area (Å²) in [6, 6.07) is 5.37. The molecule has 1 fully saturated rings. The van der Waals surface area contributed by atoms with E-state index in [0.717, 1.165) is 30.3 Å². The number of carbonyl (C=O) groups is 1. The highest BCUT2D eigenvalue weighted by molar-refractivity contribution is 6.00. The maximum absolute atomic E-state index is 11.2. The van der Waals surface area contributed by atoms with Gasteiger partial charge in [-0.15, -0.1) is 0 Å². The van der Waals surface area contributed by atoms with Crippen LogP contribution in [0.25, 0.3) is 11.0 Å². The standard InChI is InChI=1S/C17H22N2O2/c1-12-5-7-13(8-6-12)9-10-19-11-18-16-14(17(20)21)3-2-4-15(16)19/h2-4,11-13H,5-10H2,1H3,(H,20,21). The van der Waals surface area contributed by atoms with E-state index < -0.39 is 5.97 Å². The number of imidazole rings is 1. The van der Waals surface area contributed by atoms with Crippen molar-refractivity contribution in [2.75, 3.05) is 0 Å². The van der Waals surface area contributed by atoms with Gasteiger partial charge in [0.15, 0.2) is 0 Å². The number of hydrogen-bond donors (Lipinski definition) is 1. The molecule has 0 bridgehead atoms. The van der Waals surface area contributed by atoms with E-state index in [9.17, 15) is 9.90 Å². The molecule has 4 nitrogen and oxygen atoms in total. The van der Waals surface area contributed by atoms with Crippen molar-refractivity contribution in [1.82, 2.24) is 9.55 Å². The van der Waals surface area contributed by atoms with E-state index in [1.165, 1.54) is 25.7 Å². The third-order valence-corrected chi connectivity index (χ3v) is 4.79. The summed E-state index contributed by atoms with van der Waals surface area (Å²) in [6.45, 7) is 3.27. The van der Waals surface area contributed by atoms with Gasteiger partial charge in [-0.1, -0.05) is 38.7 Å². The van der Waals surface area contributed by atoms with Gasteiger partial charge in [0.05, 0.1) is 17.4 Å². The van der Waals surface area contributed by atoms with Gasteiger partial charge in [-0.3, -0.25) is 0 Å². The van der Waals surface area contributed by atoms with E-state index in [1.807, 2.05) is 6.07 Å². The summed E-state index contributed by atoms with van der Waals surface area (Å²) in [5, 5.41) is 9.20. The number of aromatic carboxylic acids is 1. The van der Waals surface area contributed by atoms with Gasteiger partial charge in [-0.05, 0) is 30.4 Å². The number of para-hydroxylation sites is 1. The molecule has 0 spiro atoms. The van der Waals surface area contributed by atoms with Crippen LogP contribution < -0.4 is 0 Å². The van der Waals surface area contributed by atoms with Crippen molar-refractivity contribution < 1.29 is 9.90 Å². The van der Waals surface area contributed by atoms with Gasteiger partial charge in [-0.2, -0.15) is 0 Å². The Bertz CT molecular complexity index is 639. The molecule has 0 atom stereocenters. The van der Waals surface area contributed by atoms with Crippen LogP contribution in [0.3, 0.4) is 0 Å². The molecule has 1 aromatic carbocycles. The molecule has 0 amide bonds. The topological polar surface area (TPSA) is 55.1 Å². The lowest BCUT2D eigenvalue weighted by molar-refractivity contribution is 0.0699. The Morgan fingerprint density at radius 2 is 2.10 bits per heavy atom. The van der Waals surface area contributed by atoms with Crippen LogP contribution in [0.4, 0.5) is 0 Å². The van der Waals surface area contributed by atoms with Crippen LogP contribution in [0.15, 0.2) is 24.5 Å². The minimum Gasteiger partial charge on any atom is -0.478 e. The maximum Gasteiger partial charge on any atom is 0.337 e. The molecule has 2 aromatic rings. The summed E-state index contributed by atoms with van der Waals surface area (Å²) in [7, 11) is 0. The molecule has 1 aliphatic carbocycles. The van der Waals surface area contributed by atoms with Gasteiger partial charge < -0.3 is 9.67 Å². The van der Waals surface area contributed by atoms with Crippen molar-refractivity contribution in [2.24, 2.45) is 11.8 Å². The summed E-state index contributed by atoms with van der Waals surface area (Å²) in [6.07, 6.45) is 8.29. The molecule has 0 saturated heterocycles. The number of fused-ring (bicyclic) bond motifs is 1. The first-order valence-electron chi connectivity index (χ1n) is 7.82. The fourth-order valence-corrected chi connectivity index (χ4v) is 3.38. The zero-order chi connectivity index (χ0) is 14.8. The van der Waals surface area contributed by atoms with E-state index >= 15 is 0 Å². The maximum atomic E-state index is 11.2. The second-order valence-electron chi connectivity index (χ2n) is 6.33. The van der Waals surface area contributed by atoms with Crippen molar-refractivity contribution in [2.45, 2.75) is 45.6 Å². The van der Waals surface area contributed by atoms with Crippen molar-refractivity contribution in [1.29, 1.82) is 0 Å². The number of rotatable bonds is 4. The highest BCUT2D eigenvalue weighted by Gasteiger charge is 2.18. The van der Waals surface area contributed by atoms with Crippen LogP contribution in [0.1, 0.15) is 49.4 Å². The van der Waals surface area contributed by atoms with Gasteiger partial charge in [0.2, 0.25) is 0 Å². The quantitative estimate of drug-likeness (QED) is 0.925. The lowest BCUT2D eigenvalue weighted by Crippen LogP contribution is -2.14. The Morgan fingerprint density at radius 3 is 2.81 bits per heavy atom. The van der Waals surface area contributed by atoms with Gasteiger partial charge >= 0.3 is 5.97 Å². The molecule has 1 aromatic heterocycles. The smallest absolute Gasteiger partial charge is 0.337 e. The Hall–Kier alpha value is -1.84. The fourth-order valence-electron chi connectivity index (χ4n) is 3.38. The van der Waals surface area contributed by atoms with Crippen LogP contribution in [0, 0.1) is 11.8 Å². The number of carboxylic acids is 1. The van der Waals surface area contributed by atoms with Crippen LogP contribution in [-0.4, -0.2) is 20.6 Å². The van der Waals surface area contributed by atoms with Crippen LogP contribution in [0.2, 0.25) is 0 Å². The first kappa shape index (κ1) is 14.1. The van der Waals surface area contributed by atoms with E-state index in [0.29, 0.717) is 5.52 Å². The van der Waals surface area contributed by atoms with Gasteiger partial charge in [0.25, 0.3) is 0 Å². The molecule has 0 unspecified atom stereocenters. The SMILES string of the molecule is CC1CCC(CCn2cnc3c(C(=O)O)cccc32)CC1. The highest BCUT2D eigenvalue weighted by atomic mass is 16.4. The van der Waals surface area contributed by atoms with Crippen molar-refractivity contribution in [3.63, 3.8) is 0 Å². The Balaban J connectivity index is 1.73. The normalized spacial score (nSPS) is 22.5. The molecule has 1 aliphatic rings. The summed E-state index contributed by atoms with van der Waals surface area (Å²) >= 11 is 0. The Morgan fingerprint density at radius 1 is 1.33 bits per heavy atom. The number of nitrogens with zero attached hydrogens (tertiary/aromatic N) is 2. The molecule has 1 N–H and O–H groups in total. The van der Waals surface area contributed by atoms with E-state index in [2.05, 4.69) is 16.5 Å². The summed E-state index contributed by atoms with van der Waals surface area (Å²) < 4.78 is 2.10. The molecular weight excluding hydrogens is 264 g/mol. The fraction of sp³-hybridized carbons (Fsp3) is 0.529. The number of hydrogen-bond acceptors (Lipinski definition) is 2. The molecule has 21 heavy (non-hydrogen) atoms. The minimum absolute atomic E-state index is 0.290. The first-order chi connectivity index (χ1) is 10.1. The molecule has 1 heterocycles. The summed E-state index contributed by atoms with van der Waals surface area (Å²) in [5.74, 6) is 0.780. The zero-order valence-corrected chi connectivity index (χ0v) is 12.5. The third kappa shape index (κ3) is 2.94. The predicted octanol–water partition coefficient (Wildman–Crippen LogP) is 3.95. The molecule has 4 heteroatoms. The Labute approximate surface area is 124 Å². The van der Waals surface area contributed by atoms with E-state index in [1.54, 1.807) is 18.5 Å². The van der Waals surface area contributed by atoms with E-state index in [4.69, 9.17) is 0 Å². The van der Waals surface area contributed by atoms with E-state index in [-0.39, 0.29) is 5.56 Å². The second-order valence-corrected chi connectivity index (χ2v) is 6.33. The van der Waals surface area contributed by atoms with Gasteiger partial charge in [-0.25, -0.2) is 9.78 Å². The molecule has 112 valence electrons. The number of carboxylic acid groups (broad SMARTS) is 1. The van der Waals surface area contributed by atoms with Crippen molar-refractivity contribution >= 4 is 17.0 Å². The molecular formula is C17H22N2O2. The second kappa shape index (κ2) is 5.88. The number of aromatic nitrogens is 2. The Kier molecular flexibility index (Phi) is 3.95. The monoisotopic (exact) mass is 286 g/mol. The number of benzene rings is 1. The molecule has 3 rings (SSSR count). The summed E-state index contributed by atoms with van der Waals surface area (Å²) in [4.78, 5) is 15.5. The van der Waals surface area contributed by atoms with Crippen molar-refractivity contribution in [3.05, 3.63) is 30.1 Å². The lowest BCUT2D eigenvalue weighted by Gasteiger charge is -2.26. The molecule has 0 radical (unpaired) electrons. The third-order valence-electron chi connectivity index (χ3n) is 4.79. The van der Waals surface area contributed by atoms with Crippen LogP contribution in [-0.2, 0) is 6.54 Å². The molecule has 1 saturated carbocycles. The lowest BCUT2D eigenvalue weighted by atomic mass is 9.81. The first-order valence-corrected chi connectivity index (χ1v) is 7.82. The molecule has 0 aliphatic heterocycles. The van der Waals surface area contributed by atoms with Crippen LogP contribution >= 0.6 is 0 Å². The summed E-state index contributed by atoms with van der Waals surface area (Å²) in [5.41, 5.74) is 1.82. The largest absolute Gasteiger partial charge is 0.478 e. The average Bonchev–Trinajstić information content (AvgIpc) is 2.89. The predicted molar refractivity (Wildman–Crippen MR) is 82.4 cm³/mol. The van der Waals surface area contributed by atoms with Gasteiger partial charge in [0, 0.05) is 6.54 Å². The zero-order valence-electron chi connectivity index (χ0n) is 12.5.